The zero-order valence-electron chi connectivity index (χ0n) is 10.4. The molecule has 1 fully saturated rings. The van der Waals surface area contributed by atoms with Crippen LogP contribution in [0.25, 0.3) is 0 Å². The van der Waals surface area contributed by atoms with Crippen molar-refractivity contribution in [3.05, 3.63) is 0 Å². The van der Waals surface area contributed by atoms with Crippen molar-refractivity contribution in [2.24, 2.45) is 5.92 Å². The third-order valence-electron chi connectivity index (χ3n) is 3.18. The molecule has 1 heterocycles. The summed E-state index contributed by atoms with van der Waals surface area (Å²) >= 11 is 1.85. The van der Waals surface area contributed by atoms with Crippen LogP contribution in [0.1, 0.15) is 32.6 Å². The maximum atomic E-state index is 11.7. The molecular weight excluding hydrogens is 220 g/mol. The Kier molecular flexibility index (Phi) is 6.88. The highest BCUT2D eigenvalue weighted by molar-refractivity contribution is 7.98. The van der Waals surface area contributed by atoms with Gasteiger partial charge in [0.2, 0.25) is 5.91 Å². The number of thioether (sulfide) groups is 1. The molecule has 2 N–H and O–H groups in total. The topological polar surface area (TPSA) is 41.1 Å². The van der Waals surface area contributed by atoms with Crippen LogP contribution in [0, 0.1) is 5.92 Å². The van der Waals surface area contributed by atoms with Gasteiger partial charge in [-0.15, -0.1) is 0 Å². The molecule has 1 rings (SSSR count). The third-order valence-corrected chi connectivity index (χ3v) is 3.87. The normalized spacial score (nSPS) is 25.4. The maximum absolute atomic E-state index is 11.7. The highest BCUT2D eigenvalue weighted by Gasteiger charge is 2.21. The van der Waals surface area contributed by atoms with Gasteiger partial charge in [0.1, 0.15) is 0 Å². The first kappa shape index (κ1) is 13.8. The third kappa shape index (κ3) is 5.21. The minimum Gasteiger partial charge on any atom is -0.352 e. The predicted octanol–water partition coefficient (Wildman–Crippen LogP) is 1.63. The number of carbonyl (C=O) groups is 1. The Morgan fingerprint density at radius 1 is 1.50 bits per heavy atom. The van der Waals surface area contributed by atoms with Gasteiger partial charge in [0.15, 0.2) is 0 Å². The van der Waals surface area contributed by atoms with E-state index >= 15 is 0 Å². The lowest BCUT2D eigenvalue weighted by atomic mass is 9.94. The van der Waals surface area contributed by atoms with Crippen molar-refractivity contribution in [2.75, 3.05) is 25.1 Å². The van der Waals surface area contributed by atoms with Gasteiger partial charge >= 0.3 is 0 Å². The molecule has 94 valence electrons. The number of carbonyl (C=O) groups excluding carboxylic acids is 1. The zero-order chi connectivity index (χ0) is 11.8. The molecule has 0 aromatic carbocycles. The van der Waals surface area contributed by atoms with E-state index in [1.807, 2.05) is 11.8 Å². The maximum Gasteiger partial charge on any atom is 0.220 e. The summed E-state index contributed by atoms with van der Waals surface area (Å²) in [5.74, 6) is 1.99. The molecular formula is C12H24N2OS. The summed E-state index contributed by atoms with van der Waals surface area (Å²) in [7, 11) is 0. The molecule has 0 saturated carbocycles. The van der Waals surface area contributed by atoms with Gasteiger partial charge in [0, 0.05) is 19.0 Å². The molecule has 2 atom stereocenters. The molecule has 1 saturated heterocycles. The van der Waals surface area contributed by atoms with Crippen molar-refractivity contribution in [3.63, 3.8) is 0 Å². The number of hydrogen-bond donors (Lipinski definition) is 2. The molecule has 1 aliphatic rings. The Morgan fingerprint density at radius 2 is 2.31 bits per heavy atom. The average Bonchev–Trinajstić information content (AvgIpc) is 2.28. The molecule has 1 aliphatic heterocycles. The molecule has 0 aliphatic carbocycles. The summed E-state index contributed by atoms with van der Waals surface area (Å²) in [4.78, 5) is 11.7. The van der Waals surface area contributed by atoms with Crippen LogP contribution in [0.2, 0.25) is 0 Å². The second kappa shape index (κ2) is 7.96. The number of nitrogens with one attached hydrogen (secondary N) is 2. The smallest absolute Gasteiger partial charge is 0.220 e. The standard InChI is InChI=1S/C12H24N2OS/c1-10-6-7-13-9-11(10)14-12(15)5-3-4-8-16-2/h10-11,13H,3-9H2,1-2H3,(H,14,15). The fraction of sp³-hybridized carbons (Fsp3) is 0.917. The molecule has 4 heteroatoms. The largest absolute Gasteiger partial charge is 0.352 e. The van der Waals surface area contributed by atoms with E-state index in [0.717, 1.165) is 38.1 Å². The van der Waals surface area contributed by atoms with Gasteiger partial charge in [-0.05, 0) is 43.7 Å². The number of rotatable bonds is 6. The van der Waals surface area contributed by atoms with Crippen molar-refractivity contribution in [1.82, 2.24) is 10.6 Å². The Hall–Kier alpha value is -0.220. The second-order valence-electron chi connectivity index (χ2n) is 4.59. The van der Waals surface area contributed by atoms with Crippen LogP contribution >= 0.6 is 11.8 Å². The number of hydrogen-bond acceptors (Lipinski definition) is 3. The first-order valence-electron chi connectivity index (χ1n) is 6.23. The first-order valence-corrected chi connectivity index (χ1v) is 7.62. The van der Waals surface area contributed by atoms with Crippen LogP contribution in [0.15, 0.2) is 0 Å². The van der Waals surface area contributed by atoms with E-state index in [-0.39, 0.29) is 5.91 Å². The van der Waals surface area contributed by atoms with Gasteiger partial charge < -0.3 is 10.6 Å². The summed E-state index contributed by atoms with van der Waals surface area (Å²) in [5, 5.41) is 6.47. The molecule has 3 nitrogen and oxygen atoms in total. The monoisotopic (exact) mass is 244 g/mol. The van der Waals surface area contributed by atoms with Crippen LogP contribution in [-0.4, -0.2) is 37.0 Å². The Bertz CT molecular complexity index is 211. The van der Waals surface area contributed by atoms with Gasteiger partial charge in [0.05, 0.1) is 0 Å². The van der Waals surface area contributed by atoms with Crippen molar-refractivity contribution >= 4 is 17.7 Å². The minimum atomic E-state index is 0.224. The summed E-state index contributed by atoms with van der Waals surface area (Å²) in [6.45, 7) is 4.23. The minimum absolute atomic E-state index is 0.224. The lowest BCUT2D eigenvalue weighted by Gasteiger charge is -2.30. The molecule has 16 heavy (non-hydrogen) atoms. The number of amides is 1. The molecule has 2 unspecified atom stereocenters. The Morgan fingerprint density at radius 3 is 3.00 bits per heavy atom. The summed E-state index contributed by atoms with van der Waals surface area (Å²) in [6, 6.07) is 0.335. The zero-order valence-corrected chi connectivity index (χ0v) is 11.2. The highest BCUT2D eigenvalue weighted by Crippen LogP contribution is 2.11. The van der Waals surface area contributed by atoms with Crippen LogP contribution in [0.5, 0.6) is 0 Å². The van der Waals surface area contributed by atoms with Gasteiger partial charge in [-0.2, -0.15) is 11.8 Å². The molecule has 0 bridgehead atoms. The predicted molar refractivity (Wildman–Crippen MR) is 70.8 cm³/mol. The van der Waals surface area contributed by atoms with E-state index in [0.29, 0.717) is 18.4 Å². The van der Waals surface area contributed by atoms with E-state index in [2.05, 4.69) is 23.8 Å². The van der Waals surface area contributed by atoms with Gasteiger partial charge in [0.25, 0.3) is 0 Å². The van der Waals surface area contributed by atoms with E-state index in [1.54, 1.807) is 0 Å². The van der Waals surface area contributed by atoms with Crippen LogP contribution < -0.4 is 10.6 Å². The molecule has 0 aromatic heterocycles. The molecule has 0 aromatic rings. The van der Waals surface area contributed by atoms with Gasteiger partial charge in [-0.25, -0.2) is 0 Å². The summed E-state index contributed by atoms with van der Waals surface area (Å²) < 4.78 is 0. The van der Waals surface area contributed by atoms with Crippen molar-refractivity contribution in [1.29, 1.82) is 0 Å². The summed E-state index contributed by atoms with van der Waals surface area (Å²) in [6.07, 6.45) is 6.12. The quantitative estimate of drug-likeness (QED) is 0.698. The lowest BCUT2D eigenvalue weighted by Crippen LogP contribution is -2.50. The average molecular weight is 244 g/mol. The van der Waals surface area contributed by atoms with Crippen LogP contribution in [0.4, 0.5) is 0 Å². The number of piperidine rings is 1. The fourth-order valence-corrected chi connectivity index (χ4v) is 2.49. The fourth-order valence-electron chi connectivity index (χ4n) is 1.99. The molecule has 1 amide bonds. The van der Waals surface area contributed by atoms with E-state index in [9.17, 15) is 4.79 Å². The Balaban J connectivity index is 2.12. The van der Waals surface area contributed by atoms with E-state index in [4.69, 9.17) is 0 Å². The Labute approximate surface area is 103 Å². The SMILES string of the molecule is CSCCCCC(=O)NC1CNCCC1C. The van der Waals surface area contributed by atoms with Gasteiger partial charge in [-0.1, -0.05) is 6.92 Å². The second-order valence-corrected chi connectivity index (χ2v) is 5.58. The van der Waals surface area contributed by atoms with Gasteiger partial charge in [-0.3, -0.25) is 4.79 Å². The highest BCUT2D eigenvalue weighted by atomic mass is 32.2. The van der Waals surface area contributed by atoms with E-state index < -0.39 is 0 Å². The number of unbranched alkanes of at least 4 members (excludes halogenated alkanes) is 1. The first-order chi connectivity index (χ1) is 7.74. The lowest BCUT2D eigenvalue weighted by molar-refractivity contribution is -0.122. The van der Waals surface area contributed by atoms with Crippen molar-refractivity contribution < 1.29 is 4.79 Å². The molecule has 0 radical (unpaired) electrons. The van der Waals surface area contributed by atoms with Crippen LogP contribution in [0.3, 0.4) is 0 Å². The van der Waals surface area contributed by atoms with Crippen molar-refractivity contribution in [2.45, 2.75) is 38.6 Å². The molecule has 0 spiro atoms. The van der Waals surface area contributed by atoms with Crippen LogP contribution in [-0.2, 0) is 4.79 Å². The summed E-state index contributed by atoms with van der Waals surface area (Å²) in [5.41, 5.74) is 0. The van der Waals surface area contributed by atoms with Crippen molar-refractivity contribution in [3.8, 4) is 0 Å². The van der Waals surface area contributed by atoms with E-state index in [1.165, 1.54) is 0 Å².